The molecule has 2 amide bonds. The molecule has 4 aliphatic heterocycles. The minimum atomic E-state index is -2.04. The molecule has 0 aromatic heterocycles. The number of amides is 2. The van der Waals surface area contributed by atoms with Crippen molar-refractivity contribution in [1.82, 2.24) is 10.6 Å². The summed E-state index contributed by atoms with van der Waals surface area (Å²) in [4.78, 5) is 23.9. The summed E-state index contributed by atoms with van der Waals surface area (Å²) >= 11 is 0. The van der Waals surface area contributed by atoms with E-state index in [-0.39, 0.29) is 0 Å². The van der Waals surface area contributed by atoms with Gasteiger partial charge in [-0.1, -0.05) is 0 Å². The molecule has 0 saturated carbocycles. The maximum Gasteiger partial charge on any atom is 0.217 e. The normalized spacial score (nSPS) is 47.8. The van der Waals surface area contributed by atoms with Crippen molar-refractivity contribution in [3.63, 3.8) is 0 Å². The van der Waals surface area contributed by atoms with E-state index in [9.17, 15) is 70.9 Å². The quantitative estimate of drug-likeness (QED) is 0.0881. The zero-order valence-electron chi connectivity index (χ0n) is 27.4. The van der Waals surface area contributed by atoms with Crippen molar-refractivity contribution in [3.8, 4) is 0 Å². The van der Waals surface area contributed by atoms with E-state index in [1.165, 1.54) is 0 Å². The fourth-order valence-corrected chi connectivity index (χ4v) is 6.35. The SMILES string of the molecule is CC(=O)N[C@@H]1[C@@H](O)[C@H](O[C@@H]2O[C@H](CO)[C@@H](O[C@@H]3O[C@H](CO)[C@@H](O)[C@H](O[C@H]4O[C@H](CO)[C@@H](O)[C@H](O)[C@@H]4O)[C@@H]3O)[C@H](O)[C@H]2NC(C)=O)[C@@H](CO)O[C@@H]1O. The lowest BCUT2D eigenvalue weighted by molar-refractivity contribution is -0.379. The van der Waals surface area contributed by atoms with Gasteiger partial charge < -0.3 is 105 Å². The lowest BCUT2D eigenvalue weighted by Gasteiger charge is -2.50. The van der Waals surface area contributed by atoms with E-state index in [0.717, 1.165) is 13.8 Å². The predicted molar refractivity (Wildman–Crippen MR) is 157 cm³/mol. The van der Waals surface area contributed by atoms with Crippen molar-refractivity contribution in [2.24, 2.45) is 0 Å². The average Bonchev–Trinajstić information content (AvgIpc) is 3.09. The fourth-order valence-electron chi connectivity index (χ4n) is 6.35. The first-order valence-corrected chi connectivity index (χ1v) is 16.1. The second-order valence-corrected chi connectivity index (χ2v) is 12.6. The van der Waals surface area contributed by atoms with Crippen LogP contribution < -0.4 is 10.6 Å². The standard InChI is InChI=1S/C28H48N2O21/c1-7(35)29-13-17(39)22(11(5-33)45-25(13)44)49-26-14(30-8(2)36)18(40)23(12(6-34)48-26)50-28-21(43)24(16(38)10(4-32)47-28)51-27-20(42)19(41)15(37)9(3-31)46-27/h9-28,31-34,37-44H,3-6H2,1-2H3,(H,29,35)(H,30,36)/t9-,10-,11-,12-,13-,14-,15-,16-,17-,18-,19+,20+,21+,22-,23-,24+,25+,26+,27-,28+/m1/s1. The number of hydrogen-bond donors (Lipinski definition) is 14. The van der Waals surface area contributed by atoms with Crippen LogP contribution in [0.3, 0.4) is 0 Å². The van der Waals surface area contributed by atoms with Crippen LogP contribution in [-0.4, -0.2) is 222 Å². The third-order valence-electron chi connectivity index (χ3n) is 9.01. The molecule has 23 nitrogen and oxygen atoms in total. The smallest absolute Gasteiger partial charge is 0.217 e. The molecule has 0 aliphatic carbocycles. The number of hydrogen-bond acceptors (Lipinski definition) is 21. The number of nitrogens with one attached hydrogen (secondary N) is 2. The van der Waals surface area contributed by atoms with Gasteiger partial charge in [-0.2, -0.15) is 0 Å². The van der Waals surface area contributed by atoms with Crippen LogP contribution in [0.25, 0.3) is 0 Å². The lowest BCUT2D eigenvalue weighted by atomic mass is 9.94. The highest BCUT2D eigenvalue weighted by Crippen LogP contribution is 2.34. The highest BCUT2D eigenvalue weighted by atomic mass is 16.8. The molecular formula is C28H48N2O21. The maximum absolute atomic E-state index is 12.2. The first-order chi connectivity index (χ1) is 24.1. The molecule has 4 rings (SSSR count). The highest BCUT2D eigenvalue weighted by Gasteiger charge is 2.55. The molecule has 4 saturated heterocycles. The highest BCUT2D eigenvalue weighted by molar-refractivity contribution is 5.73. The summed E-state index contributed by atoms with van der Waals surface area (Å²) in [6.45, 7) is -1.28. The van der Waals surface area contributed by atoms with Crippen LogP contribution >= 0.6 is 0 Å². The van der Waals surface area contributed by atoms with Crippen LogP contribution in [0.5, 0.6) is 0 Å². The van der Waals surface area contributed by atoms with Crippen LogP contribution in [-0.2, 0) is 42.7 Å². The fraction of sp³-hybridized carbons (Fsp3) is 0.929. The van der Waals surface area contributed by atoms with Gasteiger partial charge in [-0.3, -0.25) is 9.59 Å². The predicted octanol–water partition coefficient (Wildman–Crippen LogP) is -9.46. The topological polar surface area (TPSA) is 366 Å². The molecule has 14 N–H and O–H groups in total. The Morgan fingerprint density at radius 2 is 0.882 bits per heavy atom. The van der Waals surface area contributed by atoms with Gasteiger partial charge >= 0.3 is 0 Å². The summed E-state index contributed by atoms with van der Waals surface area (Å²) in [6, 6.07) is -3.04. The van der Waals surface area contributed by atoms with Crippen LogP contribution in [0.15, 0.2) is 0 Å². The largest absolute Gasteiger partial charge is 0.394 e. The van der Waals surface area contributed by atoms with Crippen molar-refractivity contribution >= 4 is 11.8 Å². The molecule has 4 heterocycles. The Bertz CT molecular complexity index is 1140. The second-order valence-electron chi connectivity index (χ2n) is 12.6. The first kappa shape index (κ1) is 41.9. The van der Waals surface area contributed by atoms with Crippen LogP contribution in [0.4, 0.5) is 0 Å². The molecule has 296 valence electrons. The Balaban J connectivity index is 1.56. The molecule has 0 bridgehead atoms. The van der Waals surface area contributed by atoms with Crippen molar-refractivity contribution in [2.45, 2.75) is 137 Å². The average molecular weight is 749 g/mol. The molecule has 4 aliphatic rings. The zero-order valence-corrected chi connectivity index (χ0v) is 27.4. The Morgan fingerprint density at radius 3 is 1.41 bits per heavy atom. The van der Waals surface area contributed by atoms with Crippen molar-refractivity contribution in [3.05, 3.63) is 0 Å². The first-order valence-electron chi connectivity index (χ1n) is 16.1. The molecule has 0 unspecified atom stereocenters. The molecular weight excluding hydrogens is 700 g/mol. The van der Waals surface area contributed by atoms with E-state index in [4.69, 9.17) is 33.2 Å². The molecule has 20 atom stereocenters. The number of rotatable bonds is 12. The van der Waals surface area contributed by atoms with Gasteiger partial charge in [0.05, 0.1) is 26.4 Å². The van der Waals surface area contributed by atoms with Gasteiger partial charge in [0.15, 0.2) is 25.2 Å². The van der Waals surface area contributed by atoms with E-state index in [1.807, 2.05) is 0 Å². The van der Waals surface area contributed by atoms with Gasteiger partial charge in [0.25, 0.3) is 0 Å². The molecule has 51 heavy (non-hydrogen) atoms. The van der Waals surface area contributed by atoms with Crippen LogP contribution in [0.1, 0.15) is 13.8 Å². The number of aliphatic hydroxyl groups is 12. The van der Waals surface area contributed by atoms with E-state index >= 15 is 0 Å². The molecule has 23 heteroatoms. The second kappa shape index (κ2) is 18.0. The number of carbonyl (C=O) groups is 2. The van der Waals surface area contributed by atoms with Gasteiger partial charge in [0.1, 0.15) is 97.5 Å². The summed E-state index contributed by atoms with van der Waals surface area (Å²) in [5, 5.41) is 130. The monoisotopic (exact) mass is 748 g/mol. The Kier molecular flexibility index (Phi) is 14.8. The summed E-state index contributed by atoms with van der Waals surface area (Å²) < 4.78 is 39.1. The van der Waals surface area contributed by atoms with Crippen molar-refractivity contribution < 1.29 is 104 Å². The van der Waals surface area contributed by atoms with Crippen molar-refractivity contribution in [1.29, 1.82) is 0 Å². The third-order valence-corrected chi connectivity index (χ3v) is 9.01. The summed E-state index contributed by atoms with van der Waals surface area (Å²) in [5.41, 5.74) is 0. The Labute approximate surface area is 289 Å². The van der Waals surface area contributed by atoms with Gasteiger partial charge in [0, 0.05) is 13.8 Å². The third kappa shape index (κ3) is 9.11. The van der Waals surface area contributed by atoms with E-state index in [0.29, 0.717) is 0 Å². The van der Waals surface area contributed by atoms with Crippen molar-refractivity contribution in [2.75, 3.05) is 26.4 Å². The van der Waals surface area contributed by atoms with Crippen LogP contribution in [0, 0.1) is 0 Å². The number of aliphatic hydroxyl groups excluding tert-OH is 12. The Hall–Kier alpha value is -1.82. The molecule has 4 fully saturated rings. The number of ether oxygens (including phenoxy) is 7. The zero-order chi connectivity index (χ0) is 37.9. The lowest BCUT2D eigenvalue weighted by Crippen LogP contribution is -2.70. The molecule has 0 aromatic rings. The van der Waals surface area contributed by atoms with Gasteiger partial charge in [-0.05, 0) is 0 Å². The summed E-state index contributed by atoms with van der Waals surface area (Å²) in [6.07, 6.45) is -31.4. The van der Waals surface area contributed by atoms with E-state index in [1.54, 1.807) is 0 Å². The Morgan fingerprint density at radius 1 is 0.471 bits per heavy atom. The van der Waals surface area contributed by atoms with Crippen LogP contribution in [0.2, 0.25) is 0 Å². The maximum atomic E-state index is 12.2. The van der Waals surface area contributed by atoms with Gasteiger partial charge in [0.2, 0.25) is 11.8 Å². The summed E-state index contributed by atoms with van der Waals surface area (Å²) in [5.74, 6) is -1.40. The van der Waals surface area contributed by atoms with E-state index in [2.05, 4.69) is 10.6 Å². The minimum absolute atomic E-state index is 0.660. The minimum Gasteiger partial charge on any atom is -0.394 e. The van der Waals surface area contributed by atoms with E-state index < -0.39 is 161 Å². The van der Waals surface area contributed by atoms with Gasteiger partial charge in [-0.15, -0.1) is 0 Å². The molecule has 0 radical (unpaired) electrons. The molecule has 0 spiro atoms. The van der Waals surface area contributed by atoms with Gasteiger partial charge in [-0.25, -0.2) is 0 Å². The number of carbonyl (C=O) groups excluding carboxylic acids is 2. The summed E-state index contributed by atoms with van der Waals surface area (Å²) in [7, 11) is 0. The molecule has 0 aromatic carbocycles.